The van der Waals surface area contributed by atoms with Crippen LogP contribution in [-0.4, -0.2) is 49.2 Å². The van der Waals surface area contributed by atoms with Gasteiger partial charge in [0.1, 0.15) is 5.82 Å². The molecule has 0 saturated heterocycles. The molecule has 3 aromatic rings. The minimum absolute atomic E-state index is 0.0145. The Morgan fingerprint density at radius 2 is 1.78 bits per heavy atom. The van der Waals surface area contributed by atoms with Crippen LogP contribution in [-0.2, 0) is 38.3 Å². The first-order chi connectivity index (χ1) is 22.4. The summed E-state index contributed by atoms with van der Waals surface area (Å²) in [6, 6.07) is 15.0. The van der Waals surface area contributed by atoms with Crippen LogP contribution in [0.5, 0.6) is 5.75 Å². The highest BCUT2D eigenvalue weighted by Crippen LogP contribution is 2.26. The van der Waals surface area contributed by atoms with Crippen LogP contribution in [0.4, 0.5) is 10.2 Å². The lowest BCUT2D eigenvalue weighted by atomic mass is 10.0. The van der Waals surface area contributed by atoms with E-state index in [1.165, 1.54) is 17.7 Å². The van der Waals surface area contributed by atoms with Crippen molar-refractivity contribution in [2.24, 2.45) is 0 Å². The molecule has 2 N–H and O–H groups in total. The molecule has 0 saturated carbocycles. The van der Waals surface area contributed by atoms with Crippen LogP contribution in [0, 0.1) is 5.82 Å². The lowest BCUT2D eigenvalue weighted by Crippen LogP contribution is -2.31. The SMILES string of the molecule is CCCCOC(=O)C[C@H](NC(=O)c1ccc(CCc2ccc3c(n2)NCCC3)cc1)c1ccc(OCCCC(=O)OCC)c(F)c1. The van der Waals surface area contributed by atoms with Gasteiger partial charge in [0.05, 0.1) is 32.3 Å². The number of anilines is 1. The van der Waals surface area contributed by atoms with E-state index in [0.29, 0.717) is 24.2 Å². The molecule has 1 atom stereocenters. The van der Waals surface area contributed by atoms with E-state index in [-0.39, 0.29) is 43.7 Å². The average molecular weight is 634 g/mol. The Balaban J connectivity index is 1.38. The van der Waals surface area contributed by atoms with Gasteiger partial charge in [-0.3, -0.25) is 14.4 Å². The van der Waals surface area contributed by atoms with Gasteiger partial charge in [0, 0.05) is 24.2 Å². The number of amides is 1. The Hall–Kier alpha value is -4.47. The maximum atomic E-state index is 15.0. The number of esters is 2. The normalized spacial score (nSPS) is 12.8. The fraction of sp³-hybridized carbons (Fsp3) is 0.444. The number of carbonyl (C=O) groups excluding carboxylic acids is 3. The van der Waals surface area contributed by atoms with Crippen molar-refractivity contribution in [2.75, 3.05) is 31.7 Å². The quantitative estimate of drug-likeness (QED) is 0.132. The highest BCUT2D eigenvalue weighted by molar-refractivity contribution is 5.94. The van der Waals surface area contributed by atoms with Crippen molar-refractivity contribution in [3.63, 3.8) is 0 Å². The number of halogens is 1. The number of rotatable bonds is 17. The topological polar surface area (TPSA) is 116 Å². The Morgan fingerprint density at radius 3 is 2.54 bits per heavy atom. The Bertz CT molecular complexity index is 1460. The molecule has 1 aliphatic heterocycles. The number of carbonyl (C=O) groups is 3. The second-order valence-electron chi connectivity index (χ2n) is 11.3. The zero-order chi connectivity index (χ0) is 32.7. The van der Waals surface area contributed by atoms with E-state index in [1.54, 1.807) is 25.1 Å². The lowest BCUT2D eigenvalue weighted by molar-refractivity contribution is -0.144. The van der Waals surface area contributed by atoms with Crippen LogP contribution in [0.2, 0.25) is 0 Å². The van der Waals surface area contributed by atoms with Gasteiger partial charge in [0.2, 0.25) is 0 Å². The molecule has 0 fully saturated rings. The summed E-state index contributed by atoms with van der Waals surface area (Å²) in [6.07, 6.45) is 5.72. The van der Waals surface area contributed by atoms with Crippen LogP contribution >= 0.6 is 0 Å². The second-order valence-corrected chi connectivity index (χ2v) is 11.3. The van der Waals surface area contributed by atoms with Crippen LogP contribution < -0.4 is 15.4 Å². The number of benzene rings is 2. The number of nitrogens with one attached hydrogen (secondary N) is 2. The van der Waals surface area contributed by atoms with Crippen LogP contribution in [0.15, 0.2) is 54.6 Å². The van der Waals surface area contributed by atoms with Gasteiger partial charge in [0.15, 0.2) is 11.6 Å². The van der Waals surface area contributed by atoms with E-state index in [2.05, 4.69) is 22.8 Å². The molecule has 0 bridgehead atoms. The minimum Gasteiger partial charge on any atom is -0.491 e. The van der Waals surface area contributed by atoms with Gasteiger partial charge < -0.3 is 24.8 Å². The molecule has 246 valence electrons. The van der Waals surface area contributed by atoms with Gasteiger partial charge in [-0.05, 0) is 92.5 Å². The first kappa shape index (κ1) is 34.4. The predicted molar refractivity (Wildman–Crippen MR) is 173 cm³/mol. The minimum atomic E-state index is -0.822. The summed E-state index contributed by atoms with van der Waals surface area (Å²) in [5, 5.41) is 6.25. The van der Waals surface area contributed by atoms with Crippen molar-refractivity contribution < 1.29 is 33.0 Å². The third kappa shape index (κ3) is 10.6. The molecule has 0 spiro atoms. The zero-order valence-corrected chi connectivity index (χ0v) is 26.7. The number of hydrogen-bond acceptors (Lipinski definition) is 8. The molecule has 1 aromatic heterocycles. The highest BCUT2D eigenvalue weighted by atomic mass is 19.1. The number of fused-ring (bicyclic) bond motifs is 1. The predicted octanol–water partition coefficient (Wildman–Crippen LogP) is 6.29. The maximum Gasteiger partial charge on any atom is 0.308 e. The number of nitrogens with zero attached hydrogens (tertiary/aromatic N) is 1. The molecule has 1 amide bonds. The van der Waals surface area contributed by atoms with Crippen molar-refractivity contribution in [3.05, 3.63) is 88.4 Å². The molecule has 2 aromatic carbocycles. The number of aryl methyl sites for hydroxylation is 3. The fourth-order valence-corrected chi connectivity index (χ4v) is 5.14. The molecule has 4 rings (SSSR count). The van der Waals surface area contributed by atoms with E-state index < -0.39 is 17.8 Å². The van der Waals surface area contributed by atoms with E-state index >= 15 is 4.39 Å². The molecular formula is C36H44FN3O6. The standard InChI is InChI=1S/C36H44FN3O6/c1-3-5-21-46-34(42)24-31(28-16-19-32(30(37)23-28)45-22-7-9-33(41)44-4-2)40-36(43)27-13-10-25(11-14-27)12-17-29-18-15-26-8-6-20-38-35(26)39-29/h10-11,13-16,18-19,23,31H,3-9,12,17,20-22,24H2,1-2H3,(H,38,39)(H,40,43)/t31-/m0/s1. The summed E-state index contributed by atoms with van der Waals surface area (Å²) in [7, 11) is 0. The third-order valence-corrected chi connectivity index (χ3v) is 7.72. The largest absolute Gasteiger partial charge is 0.491 e. The van der Waals surface area contributed by atoms with Gasteiger partial charge in [-0.2, -0.15) is 0 Å². The van der Waals surface area contributed by atoms with Crippen molar-refractivity contribution in [1.29, 1.82) is 0 Å². The lowest BCUT2D eigenvalue weighted by Gasteiger charge is -2.20. The Morgan fingerprint density at radius 1 is 0.957 bits per heavy atom. The number of aromatic nitrogens is 1. The monoisotopic (exact) mass is 633 g/mol. The van der Waals surface area contributed by atoms with Gasteiger partial charge in [-0.25, -0.2) is 9.37 Å². The van der Waals surface area contributed by atoms with Crippen molar-refractivity contribution in [2.45, 2.75) is 77.7 Å². The van der Waals surface area contributed by atoms with E-state index in [0.717, 1.165) is 62.1 Å². The summed E-state index contributed by atoms with van der Waals surface area (Å²) in [4.78, 5) is 42.2. The number of ether oxygens (including phenoxy) is 3. The van der Waals surface area contributed by atoms with E-state index in [1.807, 2.05) is 19.1 Å². The molecule has 9 nitrogen and oxygen atoms in total. The molecule has 2 heterocycles. The Kier molecular flexibility index (Phi) is 13.4. The van der Waals surface area contributed by atoms with Crippen molar-refractivity contribution >= 4 is 23.7 Å². The second kappa shape index (κ2) is 17.9. The van der Waals surface area contributed by atoms with Gasteiger partial charge in [-0.1, -0.05) is 37.6 Å². The summed E-state index contributed by atoms with van der Waals surface area (Å²) >= 11 is 0. The molecule has 0 aliphatic carbocycles. The molecule has 10 heteroatoms. The fourth-order valence-electron chi connectivity index (χ4n) is 5.14. The van der Waals surface area contributed by atoms with Crippen molar-refractivity contribution in [1.82, 2.24) is 10.3 Å². The highest BCUT2D eigenvalue weighted by Gasteiger charge is 2.22. The van der Waals surface area contributed by atoms with Gasteiger partial charge in [-0.15, -0.1) is 0 Å². The van der Waals surface area contributed by atoms with Crippen LogP contribution in [0.3, 0.4) is 0 Å². The number of pyridine rings is 1. The molecular weight excluding hydrogens is 589 g/mol. The van der Waals surface area contributed by atoms with Crippen LogP contribution in [0.25, 0.3) is 0 Å². The summed E-state index contributed by atoms with van der Waals surface area (Å²) in [6.45, 7) is 5.39. The third-order valence-electron chi connectivity index (χ3n) is 7.72. The molecule has 0 unspecified atom stereocenters. The maximum absolute atomic E-state index is 15.0. The number of hydrogen-bond donors (Lipinski definition) is 2. The summed E-state index contributed by atoms with van der Waals surface area (Å²) < 4.78 is 30.8. The molecule has 1 aliphatic rings. The van der Waals surface area contributed by atoms with Gasteiger partial charge >= 0.3 is 11.9 Å². The van der Waals surface area contributed by atoms with Crippen LogP contribution in [0.1, 0.15) is 91.2 Å². The molecule has 46 heavy (non-hydrogen) atoms. The first-order valence-electron chi connectivity index (χ1n) is 16.2. The summed E-state index contributed by atoms with van der Waals surface area (Å²) in [5.74, 6) is -0.852. The average Bonchev–Trinajstić information content (AvgIpc) is 3.06. The van der Waals surface area contributed by atoms with Crippen molar-refractivity contribution in [3.8, 4) is 5.75 Å². The zero-order valence-electron chi connectivity index (χ0n) is 26.7. The molecule has 0 radical (unpaired) electrons. The Labute approximate surface area is 270 Å². The smallest absolute Gasteiger partial charge is 0.308 e. The van der Waals surface area contributed by atoms with Gasteiger partial charge in [0.25, 0.3) is 5.91 Å². The number of unbranched alkanes of at least 4 members (excludes halogenated alkanes) is 1. The summed E-state index contributed by atoms with van der Waals surface area (Å²) in [5.41, 5.74) is 4.17. The van der Waals surface area contributed by atoms with E-state index in [9.17, 15) is 14.4 Å². The first-order valence-corrected chi connectivity index (χ1v) is 16.2. The van der Waals surface area contributed by atoms with E-state index in [4.69, 9.17) is 19.2 Å².